The molecule has 0 aliphatic rings. The maximum absolute atomic E-state index is 13.7. The summed E-state index contributed by atoms with van der Waals surface area (Å²) in [5.74, 6) is -0.473. The van der Waals surface area contributed by atoms with E-state index in [0.29, 0.717) is 33.6 Å². The van der Waals surface area contributed by atoms with E-state index in [1.54, 1.807) is 29.2 Å². The molecule has 1 unspecified atom stereocenters. The Hall–Kier alpha value is -2.53. The molecule has 1 N–H and O–H groups in total. The number of halogens is 3. The summed E-state index contributed by atoms with van der Waals surface area (Å²) in [6, 6.07) is 21.4. The van der Waals surface area contributed by atoms with Gasteiger partial charge in [-0.3, -0.25) is 9.59 Å². The molecule has 2 amide bonds. The third kappa shape index (κ3) is 6.99. The lowest BCUT2D eigenvalue weighted by Gasteiger charge is -2.32. The van der Waals surface area contributed by atoms with Gasteiger partial charge >= 0.3 is 0 Å². The zero-order valence-corrected chi connectivity index (χ0v) is 21.2. The number of carbonyl (C=O) groups excluding carboxylic acids is 2. The van der Waals surface area contributed by atoms with Crippen LogP contribution in [0.25, 0.3) is 0 Å². The molecule has 0 aromatic heterocycles. The first-order valence-corrected chi connectivity index (χ1v) is 12.3. The molecule has 0 spiro atoms. The highest BCUT2D eigenvalue weighted by Gasteiger charge is 2.31. The van der Waals surface area contributed by atoms with Crippen LogP contribution in [0.1, 0.15) is 30.0 Å². The molecule has 34 heavy (non-hydrogen) atoms. The van der Waals surface area contributed by atoms with E-state index in [1.807, 2.05) is 55.5 Å². The van der Waals surface area contributed by atoms with E-state index in [9.17, 15) is 9.59 Å². The van der Waals surface area contributed by atoms with Crippen LogP contribution in [-0.4, -0.2) is 29.3 Å². The topological polar surface area (TPSA) is 49.4 Å². The normalized spacial score (nSPS) is 11.6. The second kappa shape index (κ2) is 12.8. The first-order valence-electron chi connectivity index (χ1n) is 11.2. The fourth-order valence-corrected chi connectivity index (χ4v) is 4.41. The zero-order valence-electron chi connectivity index (χ0n) is 18.9. The van der Waals surface area contributed by atoms with Gasteiger partial charge in [-0.1, -0.05) is 96.3 Å². The minimum absolute atomic E-state index is 0.0324. The molecule has 178 valence electrons. The molecule has 0 fully saturated rings. The Morgan fingerprint density at radius 3 is 2.12 bits per heavy atom. The van der Waals surface area contributed by atoms with E-state index in [0.717, 1.165) is 17.5 Å². The second-order valence-electron chi connectivity index (χ2n) is 7.99. The van der Waals surface area contributed by atoms with Crippen LogP contribution >= 0.6 is 34.8 Å². The average Bonchev–Trinajstić information content (AvgIpc) is 2.83. The Labute approximate surface area is 215 Å². The van der Waals surface area contributed by atoms with Gasteiger partial charge in [0, 0.05) is 34.6 Å². The number of amides is 2. The number of benzene rings is 3. The van der Waals surface area contributed by atoms with Crippen LogP contribution in [0.5, 0.6) is 0 Å². The molecular formula is C27H27Cl3N2O2. The van der Waals surface area contributed by atoms with Crippen molar-refractivity contribution in [2.75, 3.05) is 6.54 Å². The standard InChI is InChI=1S/C27H27Cl3N2O2/c1-2-15-31-27(34)25(16-19-9-4-3-5-10-19)32(18-20-11-6-7-12-22(20)28)26(33)17-21-23(29)13-8-14-24(21)30/h3-14,25H,2,15-18H2,1H3,(H,31,34). The number of nitrogens with one attached hydrogen (secondary N) is 1. The van der Waals surface area contributed by atoms with Crippen molar-refractivity contribution in [2.24, 2.45) is 0 Å². The van der Waals surface area contributed by atoms with Crippen LogP contribution in [-0.2, 0) is 29.0 Å². The molecule has 3 aromatic rings. The van der Waals surface area contributed by atoms with Crippen molar-refractivity contribution in [2.45, 2.75) is 38.8 Å². The van der Waals surface area contributed by atoms with Crippen LogP contribution in [0, 0.1) is 0 Å². The Balaban J connectivity index is 2.00. The lowest BCUT2D eigenvalue weighted by atomic mass is 10.0. The Morgan fingerprint density at radius 2 is 1.47 bits per heavy atom. The summed E-state index contributed by atoms with van der Waals surface area (Å²) in [5.41, 5.74) is 2.24. The first kappa shape index (κ1) is 26.1. The molecule has 0 bridgehead atoms. The summed E-state index contributed by atoms with van der Waals surface area (Å²) in [5, 5.41) is 4.31. The minimum Gasteiger partial charge on any atom is -0.354 e. The SMILES string of the molecule is CCCNC(=O)C(Cc1ccccc1)N(Cc1ccccc1Cl)C(=O)Cc1c(Cl)cccc1Cl. The molecule has 0 saturated carbocycles. The second-order valence-corrected chi connectivity index (χ2v) is 9.21. The molecule has 0 saturated heterocycles. The predicted octanol–water partition coefficient (Wildman–Crippen LogP) is 6.36. The average molecular weight is 518 g/mol. The highest BCUT2D eigenvalue weighted by Crippen LogP contribution is 2.27. The number of hydrogen-bond acceptors (Lipinski definition) is 2. The van der Waals surface area contributed by atoms with Crippen molar-refractivity contribution < 1.29 is 9.59 Å². The van der Waals surface area contributed by atoms with Crippen molar-refractivity contribution in [3.8, 4) is 0 Å². The van der Waals surface area contributed by atoms with Gasteiger partial charge in [0.05, 0.1) is 6.42 Å². The van der Waals surface area contributed by atoms with Gasteiger partial charge in [0.15, 0.2) is 0 Å². The van der Waals surface area contributed by atoms with Gasteiger partial charge in [0.25, 0.3) is 0 Å². The van der Waals surface area contributed by atoms with Crippen molar-refractivity contribution in [3.63, 3.8) is 0 Å². The van der Waals surface area contributed by atoms with Crippen LogP contribution in [0.3, 0.4) is 0 Å². The maximum Gasteiger partial charge on any atom is 0.243 e. The largest absolute Gasteiger partial charge is 0.354 e. The number of rotatable bonds is 10. The molecule has 0 radical (unpaired) electrons. The first-order chi connectivity index (χ1) is 16.4. The van der Waals surface area contributed by atoms with Crippen molar-refractivity contribution in [1.29, 1.82) is 0 Å². The molecule has 0 aliphatic heterocycles. The van der Waals surface area contributed by atoms with Crippen LogP contribution in [0.15, 0.2) is 72.8 Å². The molecule has 3 aromatic carbocycles. The van der Waals surface area contributed by atoms with Gasteiger partial charge in [0.2, 0.25) is 11.8 Å². The van der Waals surface area contributed by atoms with E-state index < -0.39 is 6.04 Å². The van der Waals surface area contributed by atoms with E-state index in [4.69, 9.17) is 34.8 Å². The Kier molecular flexibility index (Phi) is 9.82. The summed E-state index contributed by atoms with van der Waals surface area (Å²) in [7, 11) is 0. The van der Waals surface area contributed by atoms with Gasteiger partial charge in [-0.2, -0.15) is 0 Å². The third-order valence-corrected chi connectivity index (χ3v) is 6.59. The lowest BCUT2D eigenvalue weighted by Crippen LogP contribution is -2.51. The van der Waals surface area contributed by atoms with Crippen LogP contribution in [0.4, 0.5) is 0 Å². The van der Waals surface area contributed by atoms with E-state index in [2.05, 4.69) is 5.32 Å². The molecular weight excluding hydrogens is 491 g/mol. The quantitative estimate of drug-likeness (QED) is 0.340. The molecule has 4 nitrogen and oxygen atoms in total. The summed E-state index contributed by atoms with van der Waals surface area (Å²) in [4.78, 5) is 28.6. The molecule has 7 heteroatoms. The smallest absolute Gasteiger partial charge is 0.243 e. The van der Waals surface area contributed by atoms with Crippen molar-refractivity contribution >= 4 is 46.6 Å². The highest BCUT2D eigenvalue weighted by atomic mass is 35.5. The summed E-state index contributed by atoms with van der Waals surface area (Å²) >= 11 is 19.1. The van der Waals surface area contributed by atoms with E-state index >= 15 is 0 Å². The van der Waals surface area contributed by atoms with Gasteiger partial charge in [-0.15, -0.1) is 0 Å². The molecule has 3 rings (SSSR count). The van der Waals surface area contributed by atoms with Gasteiger partial charge in [0.1, 0.15) is 6.04 Å². The molecule has 1 atom stereocenters. The number of nitrogens with zero attached hydrogens (tertiary/aromatic N) is 1. The minimum atomic E-state index is -0.737. The van der Waals surface area contributed by atoms with Crippen LogP contribution < -0.4 is 5.32 Å². The van der Waals surface area contributed by atoms with Gasteiger partial charge < -0.3 is 10.2 Å². The summed E-state index contributed by atoms with van der Waals surface area (Å²) in [6.45, 7) is 2.69. The summed E-state index contributed by atoms with van der Waals surface area (Å²) < 4.78 is 0. The fraction of sp³-hybridized carbons (Fsp3) is 0.259. The highest BCUT2D eigenvalue weighted by molar-refractivity contribution is 6.36. The zero-order chi connectivity index (χ0) is 24.5. The third-order valence-electron chi connectivity index (χ3n) is 5.51. The fourth-order valence-electron chi connectivity index (χ4n) is 3.68. The van der Waals surface area contributed by atoms with Crippen LogP contribution in [0.2, 0.25) is 15.1 Å². The van der Waals surface area contributed by atoms with Crippen molar-refractivity contribution in [3.05, 3.63) is 105 Å². The lowest BCUT2D eigenvalue weighted by molar-refractivity contribution is -0.140. The van der Waals surface area contributed by atoms with Crippen molar-refractivity contribution in [1.82, 2.24) is 10.2 Å². The van der Waals surface area contributed by atoms with E-state index in [-0.39, 0.29) is 24.8 Å². The summed E-state index contributed by atoms with van der Waals surface area (Å²) in [6.07, 6.45) is 1.12. The molecule has 0 aliphatic carbocycles. The number of hydrogen-bond donors (Lipinski definition) is 1. The number of carbonyl (C=O) groups is 2. The Bertz CT molecular complexity index is 1100. The van der Waals surface area contributed by atoms with Gasteiger partial charge in [-0.25, -0.2) is 0 Å². The van der Waals surface area contributed by atoms with E-state index in [1.165, 1.54) is 0 Å². The maximum atomic E-state index is 13.7. The molecule has 0 heterocycles. The van der Waals surface area contributed by atoms with Gasteiger partial charge in [-0.05, 0) is 41.3 Å². The Morgan fingerprint density at radius 1 is 0.853 bits per heavy atom. The monoisotopic (exact) mass is 516 g/mol. The predicted molar refractivity (Wildman–Crippen MR) is 139 cm³/mol.